The first-order valence-corrected chi connectivity index (χ1v) is 9.90. The van der Waals surface area contributed by atoms with Gasteiger partial charge in [0.15, 0.2) is 0 Å². The van der Waals surface area contributed by atoms with Gasteiger partial charge in [-0.25, -0.2) is 0 Å². The fourth-order valence-corrected chi connectivity index (χ4v) is 4.66. The molecule has 0 N–H and O–H groups in total. The summed E-state index contributed by atoms with van der Waals surface area (Å²) in [6.45, 7) is 4.78. The Hall–Kier alpha value is -0.0800. The van der Waals surface area contributed by atoms with E-state index in [-0.39, 0.29) is 0 Å². The van der Waals surface area contributed by atoms with E-state index in [1.54, 1.807) is 7.11 Å². The number of rotatable bonds is 9. The van der Waals surface area contributed by atoms with Gasteiger partial charge in [0.2, 0.25) is 0 Å². The first-order chi connectivity index (χ1) is 10.8. The molecule has 2 aliphatic carbocycles. The molecule has 2 saturated carbocycles. The Morgan fingerprint density at radius 1 is 0.773 bits per heavy atom. The van der Waals surface area contributed by atoms with Gasteiger partial charge >= 0.3 is 0 Å². The van der Waals surface area contributed by atoms with Crippen molar-refractivity contribution in [1.29, 1.82) is 0 Å². The van der Waals surface area contributed by atoms with E-state index in [1.165, 1.54) is 70.6 Å². The van der Waals surface area contributed by atoms with Crippen molar-refractivity contribution in [2.75, 3.05) is 26.9 Å². The van der Waals surface area contributed by atoms with Crippen LogP contribution in [0, 0.1) is 23.7 Å². The van der Waals surface area contributed by atoms with Crippen LogP contribution in [0.3, 0.4) is 0 Å². The van der Waals surface area contributed by atoms with Crippen molar-refractivity contribution in [2.24, 2.45) is 23.7 Å². The molecule has 22 heavy (non-hydrogen) atoms. The van der Waals surface area contributed by atoms with Gasteiger partial charge in [0.05, 0.1) is 13.2 Å². The van der Waals surface area contributed by atoms with Crippen molar-refractivity contribution in [3.8, 4) is 0 Å². The third-order valence-corrected chi connectivity index (χ3v) is 6.20. The summed E-state index contributed by atoms with van der Waals surface area (Å²) in [6.07, 6.45) is 16.1. The van der Waals surface area contributed by atoms with Crippen LogP contribution in [-0.4, -0.2) is 26.9 Å². The Balaban J connectivity index is 1.57. The number of methoxy groups -OCH3 is 1. The highest BCUT2D eigenvalue weighted by Crippen LogP contribution is 2.42. The number of ether oxygens (including phenoxy) is 2. The number of hydrogen-bond donors (Lipinski definition) is 0. The van der Waals surface area contributed by atoms with E-state index in [0.29, 0.717) is 0 Å². The molecule has 0 heterocycles. The third-order valence-electron chi connectivity index (χ3n) is 6.20. The average molecular weight is 311 g/mol. The van der Waals surface area contributed by atoms with Crippen LogP contribution >= 0.6 is 0 Å². The highest BCUT2D eigenvalue weighted by atomic mass is 16.5. The van der Waals surface area contributed by atoms with Crippen LogP contribution in [0.5, 0.6) is 0 Å². The quantitative estimate of drug-likeness (QED) is 0.527. The van der Waals surface area contributed by atoms with E-state index >= 15 is 0 Å². The largest absolute Gasteiger partial charge is 0.382 e. The summed E-state index contributed by atoms with van der Waals surface area (Å²) in [5.74, 6) is 3.95. The van der Waals surface area contributed by atoms with Gasteiger partial charge in [0.25, 0.3) is 0 Å². The topological polar surface area (TPSA) is 18.5 Å². The summed E-state index contributed by atoms with van der Waals surface area (Å²) in [7, 11) is 1.74. The molecule has 0 radical (unpaired) electrons. The minimum absolute atomic E-state index is 0.733. The molecule has 0 aliphatic heterocycles. The number of unbranched alkanes of at least 4 members (excludes halogenated alkanes) is 1. The van der Waals surface area contributed by atoms with Crippen molar-refractivity contribution >= 4 is 0 Å². The second-order valence-electron chi connectivity index (χ2n) is 7.77. The molecule has 0 spiro atoms. The summed E-state index contributed by atoms with van der Waals surface area (Å²) in [5, 5.41) is 0. The van der Waals surface area contributed by atoms with E-state index in [1.807, 2.05) is 0 Å². The van der Waals surface area contributed by atoms with Crippen LogP contribution in [0.25, 0.3) is 0 Å². The summed E-state index contributed by atoms with van der Waals surface area (Å²) in [4.78, 5) is 0. The summed E-state index contributed by atoms with van der Waals surface area (Å²) >= 11 is 0. The van der Waals surface area contributed by atoms with Crippen molar-refractivity contribution in [3.63, 3.8) is 0 Å². The lowest BCUT2D eigenvalue weighted by Gasteiger charge is -2.38. The van der Waals surface area contributed by atoms with E-state index < -0.39 is 0 Å². The predicted molar refractivity (Wildman–Crippen MR) is 93.1 cm³/mol. The maximum atomic E-state index is 5.72. The molecule has 2 nitrogen and oxygen atoms in total. The van der Waals surface area contributed by atoms with Gasteiger partial charge in [0, 0.05) is 13.7 Å². The second kappa shape index (κ2) is 10.6. The maximum absolute atomic E-state index is 5.72. The molecular weight excluding hydrogens is 272 g/mol. The van der Waals surface area contributed by atoms with Crippen LogP contribution in [0.4, 0.5) is 0 Å². The lowest BCUT2D eigenvalue weighted by atomic mass is 9.69. The normalized spacial score (nSPS) is 33.0. The summed E-state index contributed by atoms with van der Waals surface area (Å²) < 4.78 is 10.8. The van der Waals surface area contributed by atoms with Crippen LogP contribution in [0.2, 0.25) is 0 Å². The molecule has 2 fully saturated rings. The monoisotopic (exact) mass is 310 g/mol. The van der Waals surface area contributed by atoms with Crippen LogP contribution in [-0.2, 0) is 9.47 Å². The third kappa shape index (κ3) is 6.20. The molecule has 0 bridgehead atoms. The lowest BCUT2D eigenvalue weighted by molar-refractivity contribution is 0.0342. The van der Waals surface area contributed by atoms with Crippen molar-refractivity contribution in [1.82, 2.24) is 0 Å². The Morgan fingerprint density at radius 3 is 1.91 bits per heavy atom. The van der Waals surface area contributed by atoms with Crippen molar-refractivity contribution < 1.29 is 9.47 Å². The standard InChI is InChI=1S/C20H38O2/c1-3-4-5-17-6-10-19(11-7-17)20-12-8-18(9-13-20)16-22-15-14-21-2/h17-20H,3-16H2,1-2H3. The average Bonchev–Trinajstić information content (AvgIpc) is 2.58. The highest BCUT2D eigenvalue weighted by molar-refractivity contribution is 4.82. The zero-order valence-electron chi connectivity index (χ0n) is 15.0. The van der Waals surface area contributed by atoms with E-state index in [9.17, 15) is 0 Å². The molecule has 0 amide bonds. The first kappa shape index (κ1) is 18.3. The first-order valence-electron chi connectivity index (χ1n) is 9.90. The Kier molecular flexibility index (Phi) is 8.84. The van der Waals surface area contributed by atoms with Crippen molar-refractivity contribution in [2.45, 2.75) is 77.6 Å². The Bertz CT molecular complexity index is 263. The molecule has 0 unspecified atom stereocenters. The predicted octanol–water partition coefficient (Wildman–Crippen LogP) is 5.45. The van der Waals surface area contributed by atoms with Gasteiger partial charge in [0.1, 0.15) is 0 Å². The SMILES string of the molecule is CCCCC1CCC(C2CCC(COCCOC)CC2)CC1. The molecule has 0 aromatic heterocycles. The summed E-state index contributed by atoms with van der Waals surface area (Å²) in [6, 6.07) is 0. The van der Waals surface area contributed by atoms with Gasteiger partial charge in [-0.05, 0) is 62.2 Å². The fourth-order valence-electron chi connectivity index (χ4n) is 4.66. The Labute approximate surface area is 138 Å². The van der Waals surface area contributed by atoms with Gasteiger partial charge in [-0.3, -0.25) is 0 Å². The zero-order valence-corrected chi connectivity index (χ0v) is 15.0. The zero-order chi connectivity index (χ0) is 15.6. The minimum Gasteiger partial charge on any atom is -0.382 e. The van der Waals surface area contributed by atoms with E-state index in [0.717, 1.165) is 43.5 Å². The van der Waals surface area contributed by atoms with Gasteiger partial charge < -0.3 is 9.47 Å². The smallest absolute Gasteiger partial charge is 0.0700 e. The van der Waals surface area contributed by atoms with Gasteiger partial charge in [-0.1, -0.05) is 39.0 Å². The lowest BCUT2D eigenvalue weighted by Crippen LogP contribution is -2.27. The summed E-state index contributed by atoms with van der Waals surface area (Å²) in [5.41, 5.74) is 0. The van der Waals surface area contributed by atoms with Crippen LogP contribution < -0.4 is 0 Å². The van der Waals surface area contributed by atoms with Crippen LogP contribution in [0.1, 0.15) is 77.6 Å². The molecule has 2 aliphatic rings. The highest BCUT2D eigenvalue weighted by Gasteiger charge is 2.30. The molecule has 2 rings (SSSR count). The molecule has 0 atom stereocenters. The maximum Gasteiger partial charge on any atom is 0.0700 e. The van der Waals surface area contributed by atoms with Crippen molar-refractivity contribution in [3.05, 3.63) is 0 Å². The number of hydrogen-bond acceptors (Lipinski definition) is 2. The second-order valence-corrected chi connectivity index (χ2v) is 7.77. The molecule has 2 heteroatoms. The van der Waals surface area contributed by atoms with Gasteiger partial charge in [-0.15, -0.1) is 0 Å². The Morgan fingerprint density at radius 2 is 1.36 bits per heavy atom. The molecular formula is C20H38O2. The van der Waals surface area contributed by atoms with Gasteiger partial charge in [-0.2, -0.15) is 0 Å². The van der Waals surface area contributed by atoms with E-state index in [2.05, 4.69) is 6.92 Å². The molecule has 0 aromatic carbocycles. The molecule has 0 saturated heterocycles. The molecule has 0 aromatic rings. The molecule has 130 valence electrons. The minimum atomic E-state index is 0.733. The fraction of sp³-hybridized carbons (Fsp3) is 1.00. The van der Waals surface area contributed by atoms with E-state index in [4.69, 9.17) is 9.47 Å². The van der Waals surface area contributed by atoms with Crippen LogP contribution in [0.15, 0.2) is 0 Å².